The molecule has 0 fully saturated rings. The van der Waals surface area contributed by atoms with Crippen LogP contribution in [0, 0.1) is 11.3 Å². The Hall–Kier alpha value is -3.04. The molecule has 0 heterocycles. The maximum Gasteiger partial charge on any atom is 0.340 e. The maximum atomic E-state index is 11.9. The minimum atomic E-state index is -0.727. The molecule has 0 bridgehead atoms. The van der Waals surface area contributed by atoms with E-state index in [9.17, 15) is 9.59 Å². The number of nitrogen functional groups attached to an aromatic ring is 1. The van der Waals surface area contributed by atoms with Crippen molar-refractivity contribution < 1.29 is 14.3 Å². The number of nitrogens with one attached hydrogen (secondary N) is 1. The van der Waals surface area contributed by atoms with E-state index in [1.165, 1.54) is 6.07 Å². The van der Waals surface area contributed by atoms with Gasteiger partial charge in [0.15, 0.2) is 6.61 Å². The number of esters is 1. The van der Waals surface area contributed by atoms with Crippen molar-refractivity contribution in [2.24, 2.45) is 0 Å². The van der Waals surface area contributed by atoms with Gasteiger partial charge >= 0.3 is 5.97 Å². The Labute approximate surface area is 143 Å². The molecular weight excluding hydrogens is 330 g/mol. The smallest absolute Gasteiger partial charge is 0.340 e. The predicted molar refractivity (Wildman–Crippen MR) is 90.5 cm³/mol. The fraction of sp³-hybridized carbons (Fsp3) is 0.118. The molecule has 2 aromatic rings. The molecule has 0 aliphatic heterocycles. The Morgan fingerprint density at radius 1 is 1.21 bits per heavy atom. The number of nitriles is 1. The SMILES string of the molecule is N#CCc1ccc(NC(=O)COC(=O)c2cccc(Cl)c2N)cc1. The lowest BCUT2D eigenvalue weighted by Crippen LogP contribution is -2.21. The molecule has 0 saturated heterocycles. The molecule has 6 nitrogen and oxygen atoms in total. The molecule has 2 aromatic carbocycles. The summed E-state index contributed by atoms with van der Waals surface area (Å²) in [5.74, 6) is -1.22. The molecule has 3 N–H and O–H groups in total. The summed E-state index contributed by atoms with van der Waals surface area (Å²) in [6.07, 6.45) is 0.299. The molecule has 7 heteroatoms. The van der Waals surface area contributed by atoms with Gasteiger partial charge in [0.05, 0.1) is 28.8 Å². The highest BCUT2D eigenvalue weighted by atomic mass is 35.5. The van der Waals surface area contributed by atoms with E-state index in [4.69, 9.17) is 27.3 Å². The molecule has 0 aromatic heterocycles. The molecule has 0 atom stereocenters. The van der Waals surface area contributed by atoms with E-state index in [1.807, 2.05) is 6.07 Å². The van der Waals surface area contributed by atoms with Crippen molar-refractivity contribution in [2.75, 3.05) is 17.7 Å². The number of hydrogen-bond donors (Lipinski definition) is 2. The number of para-hydroxylation sites is 1. The van der Waals surface area contributed by atoms with Crippen LogP contribution >= 0.6 is 11.6 Å². The molecule has 0 unspecified atom stereocenters. The van der Waals surface area contributed by atoms with Crippen LogP contribution in [0.2, 0.25) is 5.02 Å². The summed E-state index contributed by atoms with van der Waals surface area (Å²) >= 11 is 5.83. The standard InChI is InChI=1S/C17H14ClN3O3/c18-14-3-1-2-13(16(14)20)17(23)24-10-15(22)21-12-6-4-11(5-7-12)8-9-19/h1-7H,8,10,20H2,(H,21,22). The second-order valence-corrected chi connectivity index (χ2v) is 5.26. The summed E-state index contributed by atoms with van der Waals surface area (Å²) in [7, 11) is 0. The van der Waals surface area contributed by atoms with Gasteiger partial charge in [-0.2, -0.15) is 5.26 Å². The number of amides is 1. The lowest BCUT2D eigenvalue weighted by atomic mass is 10.1. The van der Waals surface area contributed by atoms with E-state index in [2.05, 4.69) is 5.32 Å². The van der Waals surface area contributed by atoms with E-state index in [0.29, 0.717) is 12.1 Å². The molecule has 0 aliphatic rings. The second-order valence-electron chi connectivity index (χ2n) is 4.86. The number of nitrogens with zero attached hydrogens (tertiary/aromatic N) is 1. The van der Waals surface area contributed by atoms with Gasteiger partial charge in [0.25, 0.3) is 5.91 Å². The molecule has 1 amide bonds. The number of hydrogen-bond acceptors (Lipinski definition) is 5. The van der Waals surface area contributed by atoms with Crippen molar-refractivity contribution >= 4 is 34.9 Å². The summed E-state index contributed by atoms with van der Waals surface area (Å²) in [6.45, 7) is -0.454. The number of rotatable bonds is 5. The number of nitrogens with two attached hydrogens (primary N) is 1. The van der Waals surface area contributed by atoms with Crippen molar-refractivity contribution in [1.29, 1.82) is 5.26 Å². The molecule has 0 aliphatic carbocycles. The molecule has 2 rings (SSSR count). The highest BCUT2D eigenvalue weighted by molar-refractivity contribution is 6.33. The Bertz CT molecular complexity index is 798. The van der Waals surface area contributed by atoms with Gasteiger partial charge in [0, 0.05) is 5.69 Å². The van der Waals surface area contributed by atoms with Gasteiger partial charge in [-0.3, -0.25) is 4.79 Å². The first kappa shape index (κ1) is 17.3. The normalized spacial score (nSPS) is 9.83. The van der Waals surface area contributed by atoms with Crippen LogP contribution in [0.5, 0.6) is 0 Å². The quantitative estimate of drug-likeness (QED) is 0.641. The Morgan fingerprint density at radius 3 is 2.58 bits per heavy atom. The first-order valence-corrected chi connectivity index (χ1v) is 7.36. The van der Waals surface area contributed by atoms with Crippen molar-refractivity contribution in [3.05, 3.63) is 58.6 Å². The molecule has 122 valence electrons. The third-order valence-electron chi connectivity index (χ3n) is 3.13. The topological polar surface area (TPSA) is 105 Å². The fourth-order valence-electron chi connectivity index (χ4n) is 1.92. The Kier molecular flexibility index (Phi) is 5.77. The Morgan fingerprint density at radius 2 is 1.92 bits per heavy atom. The van der Waals surface area contributed by atoms with Crippen LogP contribution in [0.1, 0.15) is 15.9 Å². The number of benzene rings is 2. The zero-order valence-electron chi connectivity index (χ0n) is 12.6. The average Bonchev–Trinajstić information content (AvgIpc) is 2.57. The zero-order chi connectivity index (χ0) is 17.5. The number of carbonyl (C=O) groups is 2. The van der Waals surface area contributed by atoms with E-state index in [1.54, 1.807) is 36.4 Å². The van der Waals surface area contributed by atoms with Gasteiger partial charge in [0.2, 0.25) is 0 Å². The molecule has 0 radical (unpaired) electrons. The number of halogens is 1. The van der Waals surface area contributed by atoms with Crippen LogP contribution in [0.25, 0.3) is 0 Å². The Balaban J connectivity index is 1.90. The highest BCUT2D eigenvalue weighted by Gasteiger charge is 2.14. The summed E-state index contributed by atoms with van der Waals surface area (Å²) in [6, 6.07) is 13.4. The van der Waals surface area contributed by atoms with Crippen LogP contribution in [0.4, 0.5) is 11.4 Å². The first-order chi connectivity index (χ1) is 11.5. The number of anilines is 2. The minimum absolute atomic E-state index is 0.108. The van der Waals surface area contributed by atoms with Gasteiger partial charge in [-0.1, -0.05) is 29.8 Å². The van der Waals surface area contributed by atoms with Crippen LogP contribution in [-0.4, -0.2) is 18.5 Å². The molecular formula is C17H14ClN3O3. The van der Waals surface area contributed by atoms with Crippen molar-refractivity contribution in [1.82, 2.24) is 0 Å². The summed E-state index contributed by atoms with van der Waals surface area (Å²) in [5, 5.41) is 11.4. The molecule has 0 saturated carbocycles. The third kappa shape index (κ3) is 4.48. The van der Waals surface area contributed by atoms with E-state index < -0.39 is 18.5 Å². The van der Waals surface area contributed by atoms with Crippen LogP contribution in [0.15, 0.2) is 42.5 Å². The van der Waals surface area contributed by atoms with Crippen LogP contribution in [-0.2, 0) is 16.0 Å². The predicted octanol–water partition coefficient (Wildman–Crippen LogP) is 2.78. The molecule has 24 heavy (non-hydrogen) atoms. The number of ether oxygens (including phenoxy) is 1. The van der Waals surface area contributed by atoms with E-state index in [-0.39, 0.29) is 16.3 Å². The van der Waals surface area contributed by atoms with Crippen LogP contribution < -0.4 is 11.1 Å². The minimum Gasteiger partial charge on any atom is -0.452 e. The lowest BCUT2D eigenvalue weighted by Gasteiger charge is -2.09. The lowest BCUT2D eigenvalue weighted by molar-refractivity contribution is -0.119. The van der Waals surface area contributed by atoms with E-state index in [0.717, 1.165) is 5.56 Å². The van der Waals surface area contributed by atoms with Crippen LogP contribution in [0.3, 0.4) is 0 Å². The van der Waals surface area contributed by atoms with Gasteiger partial charge in [-0.05, 0) is 29.8 Å². The van der Waals surface area contributed by atoms with E-state index >= 15 is 0 Å². The van der Waals surface area contributed by atoms with Gasteiger partial charge < -0.3 is 15.8 Å². The summed E-state index contributed by atoms with van der Waals surface area (Å²) in [4.78, 5) is 23.7. The van der Waals surface area contributed by atoms with Crippen molar-refractivity contribution in [3.63, 3.8) is 0 Å². The van der Waals surface area contributed by atoms with Crippen molar-refractivity contribution in [2.45, 2.75) is 6.42 Å². The van der Waals surface area contributed by atoms with Gasteiger partial charge in [0.1, 0.15) is 0 Å². The molecule has 0 spiro atoms. The third-order valence-corrected chi connectivity index (χ3v) is 3.46. The van der Waals surface area contributed by atoms with Gasteiger partial charge in [-0.25, -0.2) is 4.79 Å². The average molecular weight is 344 g/mol. The number of carbonyl (C=O) groups excluding carboxylic acids is 2. The van der Waals surface area contributed by atoms with Gasteiger partial charge in [-0.15, -0.1) is 0 Å². The fourth-order valence-corrected chi connectivity index (χ4v) is 2.09. The highest BCUT2D eigenvalue weighted by Crippen LogP contribution is 2.22. The van der Waals surface area contributed by atoms with Crippen molar-refractivity contribution in [3.8, 4) is 6.07 Å². The monoisotopic (exact) mass is 343 g/mol. The summed E-state index contributed by atoms with van der Waals surface area (Å²) < 4.78 is 4.93. The first-order valence-electron chi connectivity index (χ1n) is 6.98. The largest absolute Gasteiger partial charge is 0.452 e. The zero-order valence-corrected chi connectivity index (χ0v) is 13.3. The maximum absolute atomic E-state index is 11.9. The summed E-state index contributed by atoms with van der Waals surface area (Å²) in [5.41, 5.74) is 7.30. The second kappa shape index (κ2) is 7.99.